The molecule has 2 heterocycles. The van der Waals surface area contributed by atoms with E-state index in [1.807, 2.05) is 12.1 Å². The molecule has 0 saturated carbocycles. The summed E-state index contributed by atoms with van der Waals surface area (Å²) in [5.74, 6) is -0.198. The van der Waals surface area contributed by atoms with Crippen LogP contribution in [0.2, 0.25) is 0 Å². The molecular weight excluding hydrogens is 368 g/mol. The van der Waals surface area contributed by atoms with E-state index in [0.29, 0.717) is 29.2 Å². The standard InChI is InChI=1S/C15H16N4O4S.ClH/c16-4-1-5-22-7-2-3-8-9(6-7)24-13-10(19-15(18)21)12(14(17)20)23-11(8)13;/h2-3,6H,1,4-5,16H2,(H2,17,20)(H3,18,19,21);1H. The first-order valence-electron chi connectivity index (χ1n) is 7.19. The summed E-state index contributed by atoms with van der Waals surface area (Å²) in [7, 11) is 0. The molecule has 0 aliphatic carbocycles. The van der Waals surface area contributed by atoms with Gasteiger partial charge in [0.2, 0.25) is 5.76 Å². The van der Waals surface area contributed by atoms with Crippen molar-refractivity contribution >= 4 is 61.7 Å². The predicted octanol–water partition coefficient (Wildman–Crippen LogP) is 2.39. The van der Waals surface area contributed by atoms with Crippen LogP contribution >= 0.6 is 23.7 Å². The summed E-state index contributed by atoms with van der Waals surface area (Å²) in [5, 5.41) is 3.20. The van der Waals surface area contributed by atoms with Gasteiger partial charge in [0.1, 0.15) is 11.4 Å². The normalized spacial score (nSPS) is 10.6. The van der Waals surface area contributed by atoms with Crippen LogP contribution in [0.3, 0.4) is 0 Å². The molecule has 3 aromatic rings. The average molecular weight is 385 g/mol. The number of ether oxygens (including phenoxy) is 1. The van der Waals surface area contributed by atoms with E-state index < -0.39 is 11.9 Å². The summed E-state index contributed by atoms with van der Waals surface area (Å²) in [4.78, 5) is 22.7. The van der Waals surface area contributed by atoms with E-state index in [1.54, 1.807) is 6.07 Å². The number of benzene rings is 1. The molecule has 0 aliphatic rings. The topological polar surface area (TPSA) is 147 Å². The maximum Gasteiger partial charge on any atom is 0.316 e. The Labute approximate surface area is 152 Å². The number of hydrogen-bond donors (Lipinski definition) is 4. The Bertz CT molecular complexity index is 937. The highest BCUT2D eigenvalue weighted by Gasteiger charge is 2.23. The molecule has 0 spiro atoms. The molecular formula is C15H17ClN4O4S. The molecule has 7 N–H and O–H groups in total. The van der Waals surface area contributed by atoms with Crippen LogP contribution in [0.4, 0.5) is 10.5 Å². The van der Waals surface area contributed by atoms with E-state index in [9.17, 15) is 9.59 Å². The Kier molecular flexibility index (Phi) is 5.73. The molecule has 134 valence electrons. The van der Waals surface area contributed by atoms with Gasteiger partial charge in [-0.3, -0.25) is 4.79 Å². The lowest BCUT2D eigenvalue weighted by Crippen LogP contribution is -2.21. The third-order valence-electron chi connectivity index (χ3n) is 3.36. The minimum atomic E-state index is -0.802. The first kappa shape index (κ1) is 18.8. The van der Waals surface area contributed by atoms with E-state index in [0.717, 1.165) is 16.5 Å². The van der Waals surface area contributed by atoms with Crippen molar-refractivity contribution < 1.29 is 18.7 Å². The number of hydrogen-bond acceptors (Lipinski definition) is 6. The number of amides is 3. The Balaban J connectivity index is 0.00000225. The highest BCUT2D eigenvalue weighted by molar-refractivity contribution is 7.26. The third kappa shape index (κ3) is 3.63. The van der Waals surface area contributed by atoms with Crippen molar-refractivity contribution in [3.05, 3.63) is 24.0 Å². The van der Waals surface area contributed by atoms with Crippen molar-refractivity contribution in [3.63, 3.8) is 0 Å². The van der Waals surface area contributed by atoms with Crippen molar-refractivity contribution in [1.29, 1.82) is 0 Å². The van der Waals surface area contributed by atoms with Crippen LogP contribution in [0.15, 0.2) is 22.6 Å². The van der Waals surface area contributed by atoms with Gasteiger partial charge in [0.25, 0.3) is 5.91 Å². The zero-order valence-corrected chi connectivity index (χ0v) is 14.7. The summed E-state index contributed by atoms with van der Waals surface area (Å²) in [5.41, 5.74) is 16.6. The van der Waals surface area contributed by atoms with Crippen LogP contribution in [-0.4, -0.2) is 25.1 Å². The van der Waals surface area contributed by atoms with Gasteiger partial charge in [-0.15, -0.1) is 23.7 Å². The van der Waals surface area contributed by atoms with Gasteiger partial charge >= 0.3 is 6.03 Å². The summed E-state index contributed by atoms with van der Waals surface area (Å²) in [6, 6.07) is 4.69. The van der Waals surface area contributed by atoms with Gasteiger partial charge in [-0.05, 0) is 31.2 Å². The lowest BCUT2D eigenvalue weighted by Gasteiger charge is -2.04. The third-order valence-corrected chi connectivity index (χ3v) is 4.51. The second kappa shape index (κ2) is 7.60. The van der Waals surface area contributed by atoms with Crippen molar-refractivity contribution in [2.24, 2.45) is 17.2 Å². The van der Waals surface area contributed by atoms with Crippen molar-refractivity contribution in [2.75, 3.05) is 18.5 Å². The van der Waals surface area contributed by atoms with E-state index in [4.69, 9.17) is 26.4 Å². The molecule has 3 rings (SSSR count). The van der Waals surface area contributed by atoms with Gasteiger partial charge in [0, 0.05) is 10.1 Å². The van der Waals surface area contributed by atoms with Crippen LogP contribution < -0.4 is 27.3 Å². The van der Waals surface area contributed by atoms with Gasteiger partial charge in [-0.25, -0.2) is 4.79 Å². The zero-order valence-electron chi connectivity index (χ0n) is 13.0. The van der Waals surface area contributed by atoms with E-state index in [-0.39, 0.29) is 23.9 Å². The predicted molar refractivity (Wildman–Crippen MR) is 99.7 cm³/mol. The van der Waals surface area contributed by atoms with Crippen LogP contribution in [0.5, 0.6) is 5.75 Å². The minimum Gasteiger partial charge on any atom is -0.493 e. The maximum absolute atomic E-state index is 11.5. The molecule has 8 nitrogen and oxygen atoms in total. The Morgan fingerprint density at radius 2 is 2.04 bits per heavy atom. The Morgan fingerprint density at radius 3 is 2.68 bits per heavy atom. The number of nitrogens with one attached hydrogen (secondary N) is 1. The lowest BCUT2D eigenvalue weighted by molar-refractivity contribution is 0.0977. The zero-order chi connectivity index (χ0) is 17.3. The number of urea groups is 1. The monoisotopic (exact) mass is 384 g/mol. The number of primary amides is 2. The summed E-state index contributed by atoms with van der Waals surface area (Å²) in [6.07, 6.45) is 0.763. The van der Waals surface area contributed by atoms with Crippen LogP contribution in [0.1, 0.15) is 17.0 Å². The van der Waals surface area contributed by atoms with Gasteiger partial charge in [-0.1, -0.05) is 0 Å². The molecule has 10 heteroatoms. The summed E-state index contributed by atoms with van der Waals surface area (Å²) >= 11 is 1.35. The molecule has 0 bridgehead atoms. The molecule has 0 aliphatic heterocycles. The highest BCUT2D eigenvalue weighted by atomic mass is 35.5. The van der Waals surface area contributed by atoms with E-state index >= 15 is 0 Å². The van der Waals surface area contributed by atoms with Crippen LogP contribution in [0, 0.1) is 0 Å². The first-order valence-corrected chi connectivity index (χ1v) is 8.01. The number of furan rings is 1. The number of carbonyl (C=O) groups excluding carboxylic acids is 2. The number of fused-ring (bicyclic) bond motifs is 3. The summed E-state index contributed by atoms with van der Waals surface area (Å²) < 4.78 is 12.7. The average Bonchev–Trinajstić information content (AvgIpc) is 3.04. The molecule has 1 aromatic carbocycles. The molecule has 2 aromatic heterocycles. The molecule has 3 amide bonds. The number of nitrogens with two attached hydrogens (primary N) is 3. The number of rotatable bonds is 6. The van der Waals surface area contributed by atoms with Gasteiger partial charge in [0.15, 0.2) is 5.58 Å². The van der Waals surface area contributed by atoms with Crippen molar-refractivity contribution in [2.45, 2.75) is 6.42 Å². The largest absolute Gasteiger partial charge is 0.493 e. The molecule has 0 unspecified atom stereocenters. The second-order valence-electron chi connectivity index (χ2n) is 5.07. The fourth-order valence-electron chi connectivity index (χ4n) is 2.35. The van der Waals surface area contributed by atoms with Gasteiger partial charge < -0.3 is 31.7 Å². The SMILES string of the molecule is Cl.NCCCOc1ccc2c(c1)sc1c(NC(N)=O)c(C(N)=O)oc12. The lowest BCUT2D eigenvalue weighted by atomic mass is 10.2. The fourth-order valence-corrected chi connectivity index (χ4v) is 3.50. The Hall–Kier alpha value is -2.49. The Morgan fingerprint density at radius 1 is 1.28 bits per heavy atom. The summed E-state index contributed by atoms with van der Waals surface area (Å²) in [6.45, 7) is 1.09. The minimum absolute atomic E-state index is 0. The molecule has 0 saturated heterocycles. The molecule has 0 atom stereocenters. The second-order valence-corrected chi connectivity index (χ2v) is 6.12. The smallest absolute Gasteiger partial charge is 0.316 e. The van der Waals surface area contributed by atoms with E-state index in [2.05, 4.69) is 5.32 Å². The highest BCUT2D eigenvalue weighted by Crippen LogP contribution is 2.43. The van der Waals surface area contributed by atoms with Crippen LogP contribution in [-0.2, 0) is 0 Å². The number of halogens is 1. The maximum atomic E-state index is 11.5. The quantitative estimate of drug-likeness (QED) is 0.482. The fraction of sp³-hybridized carbons (Fsp3) is 0.200. The molecule has 0 radical (unpaired) electrons. The van der Waals surface area contributed by atoms with E-state index in [1.165, 1.54) is 11.3 Å². The van der Waals surface area contributed by atoms with Gasteiger partial charge in [-0.2, -0.15) is 0 Å². The molecule has 25 heavy (non-hydrogen) atoms. The van der Waals surface area contributed by atoms with Crippen molar-refractivity contribution in [3.8, 4) is 5.75 Å². The van der Waals surface area contributed by atoms with Crippen molar-refractivity contribution in [1.82, 2.24) is 0 Å². The van der Waals surface area contributed by atoms with Gasteiger partial charge in [0.05, 0.1) is 11.3 Å². The number of carbonyl (C=O) groups is 2. The van der Waals surface area contributed by atoms with Crippen LogP contribution in [0.25, 0.3) is 20.4 Å². The first-order chi connectivity index (χ1) is 11.5. The number of thiophene rings is 1. The molecule has 0 fully saturated rings. The number of anilines is 1.